The SMILES string of the molecule is CC=Cc1ccc(OCC(=O)NCc2ccc(Cl)cc2)c(OC)c1. The number of carbonyl (C=O) groups excluding carboxylic acids is 1. The third kappa shape index (κ3) is 5.32. The standard InChI is InChI=1S/C19H20ClNO3/c1-3-4-14-7-10-17(18(11-14)23-2)24-13-19(22)21-12-15-5-8-16(20)9-6-15/h3-11H,12-13H2,1-2H3,(H,21,22). The van der Waals surface area contributed by atoms with Crippen LogP contribution in [0.25, 0.3) is 6.08 Å². The first-order chi connectivity index (χ1) is 11.6. The number of rotatable bonds is 7. The van der Waals surface area contributed by atoms with Gasteiger partial charge >= 0.3 is 0 Å². The zero-order chi connectivity index (χ0) is 17.4. The molecule has 0 bridgehead atoms. The molecule has 0 unspecified atom stereocenters. The van der Waals surface area contributed by atoms with Gasteiger partial charge in [-0.05, 0) is 42.3 Å². The van der Waals surface area contributed by atoms with Crippen molar-refractivity contribution in [1.29, 1.82) is 0 Å². The smallest absolute Gasteiger partial charge is 0.258 e. The van der Waals surface area contributed by atoms with Gasteiger partial charge in [-0.1, -0.05) is 42.0 Å². The summed E-state index contributed by atoms with van der Waals surface area (Å²) in [5.41, 5.74) is 1.98. The Morgan fingerprint density at radius 1 is 1.17 bits per heavy atom. The Bertz CT molecular complexity index is 711. The summed E-state index contributed by atoms with van der Waals surface area (Å²) >= 11 is 5.83. The van der Waals surface area contributed by atoms with Crippen molar-refractivity contribution in [3.63, 3.8) is 0 Å². The second-order valence-corrected chi connectivity index (χ2v) is 5.54. The molecule has 2 rings (SSSR count). The number of allylic oxidation sites excluding steroid dienone is 1. The third-order valence-corrected chi connectivity index (χ3v) is 3.56. The summed E-state index contributed by atoms with van der Waals surface area (Å²) in [5.74, 6) is 0.924. The van der Waals surface area contributed by atoms with Gasteiger partial charge in [-0.25, -0.2) is 0 Å². The van der Waals surface area contributed by atoms with Crippen LogP contribution in [0.3, 0.4) is 0 Å². The maximum absolute atomic E-state index is 11.9. The first-order valence-electron chi connectivity index (χ1n) is 7.57. The average molecular weight is 346 g/mol. The predicted molar refractivity (Wildman–Crippen MR) is 96.5 cm³/mol. The van der Waals surface area contributed by atoms with Crippen LogP contribution in [0.15, 0.2) is 48.5 Å². The molecular formula is C19H20ClNO3. The number of hydrogen-bond donors (Lipinski definition) is 1. The molecule has 1 amide bonds. The van der Waals surface area contributed by atoms with Crippen molar-refractivity contribution in [2.24, 2.45) is 0 Å². The largest absolute Gasteiger partial charge is 0.493 e. The quantitative estimate of drug-likeness (QED) is 0.822. The van der Waals surface area contributed by atoms with Gasteiger partial charge in [-0.2, -0.15) is 0 Å². The molecule has 4 nitrogen and oxygen atoms in total. The topological polar surface area (TPSA) is 47.6 Å². The van der Waals surface area contributed by atoms with Crippen LogP contribution in [0.4, 0.5) is 0 Å². The fourth-order valence-corrected chi connectivity index (χ4v) is 2.22. The summed E-state index contributed by atoms with van der Waals surface area (Å²) in [7, 11) is 1.57. The Balaban J connectivity index is 1.88. The number of halogens is 1. The van der Waals surface area contributed by atoms with Crippen molar-refractivity contribution >= 4 is 23.6 Å². The molecular weight excluding hydrogens is 326 g/mol. The molecule has 24 heavy (non-hydrogen) atoms. The first kappa shape index (κ1) is 17.9. The van der Waals surface area contributed by atoms with E-state index in [0.29, 0.717) is 23.1 Å². The minimum absolute atomic E-state index is 0.0765. The highest BCUT2D eigenvalue weighted by atomic mass is 35.5. The van der Waals surface area contributed by atoms with Gasteiger partial charge in [0, 0.05) is 11.6 Å². The van der Waals surface area contributed by atoms with Gasteiger partial charge in [0.2, 0.25) is 0 Å². The van der Waals surface area contributed by atoms with E-state index in [1.165, 1.54) is 0 Å². The van der Waals surface area contributed by atoms with Crippen molar-refractivity contribution < 1.29 is 14.3 Å². The molecule has 126 valence electrons. The monoisotopic (exact) mass is 345 g/mol. The highest BCUT2D eigenvalue weighted by molar-refractivity contribution is 6.30. The van der Waals surface area contributed by atoms with Crippen LogP contribution in [-0.4, -0.2) is 19.6 Å². The Labute approximate surface area is 147 Å². The van der Waals surface area contributed by atoms with Crippen LogP contribution in [0.1, 0.15) is 18.1 Å². The van der Waals surface area contributed by atoms with Gasteiger partial charge in [0.05, 0.1) is 7.11 Å². The van der Waals surface area contributed by atoms with E-state index in [1.54, 1.807) is 25.3 Å². The molecule has 2 aromatic rings. The molecule has 0 aliphatic rings. The lowest BCUT2D eigenvalue weighted by atomic mass is 10.2. The number of methoxy groups -OCH3 is 1. The van der Waals surface area contributed by atoms with Gasteiger partial charge in [-0.3, -0.25) is 4.79 Å². The Morgan fingerprint density at radius 2 is 1.92 bits per heavy atom. The summed E-state index contributed by atoms with van der Waals surface area (Å²) in [6.07, 6.45) is 3.91. The van der Waals surface area contributed by atoms with Gasteiger partial charge in [0.25, 0.3) is 5.91 Å². The average Bonchev–Trinajstić information content (AvgIpc) is 2.60. The summed E-state index contributed by atoms with van der Waals surface area (Å²) in [4.78, 5) is 11.9. The van der Waals surface area contributed by atoms with Gasteiger partial charge in [-0.15, -0.1) is 0 Å². The van der Waals surface area contributed by atoms with Crippen LogP contribution in [0, 0.1) is 0 Å². The number of ether oxygens (including phenoxy) is 2. The van der Waals surface area contributed by atoms with Crippen molar-refractivity contribution in [3.8, 4) is 11.5 Å². The minimum atomic E-state index is -0.204. The molecule has 0 radical (unpaired) electrons. The van der Waals surface area contributed by atoms with Gasteiger partial charge in [0.1, 0.15) is 0 Å². The molecule has 5 heteroatoms. The van der Waals surface area contributed by atoms with Crippen molar-refractivity contribution in [2.75, 3.05) is 13.7 Å². The molecule has 0 saturated carbocycles. The normalized spacial score (nSPS) is 10.6. The summed E-state index contributed by atoms with van der Waals surface area (Å²) in [6.45, 7) is 2.30. The molecule has 0 fully saturated rings. The van der Waals surface area contributed by atoms with Crippen LogP contribution in [0.2, 0.25) is 5.02 Å². The van der Waals surface area contributed by atoms with Crippen LogP contribution >= 0.6 is 11.6 Å². The summed E-state index contributed by atoms with van der Waals surface area (Å²) in [5, 5.41) is 3.47. The fourth-order valence-electron chi connectivity index (χ4n) is 2.10. The maximum atomic E-state index is 11.9. The fraction of sp³-hybridized carbons (Fsp3) is 0.211. The highest BCUT2D eigenvalue weighted by Gasteiger charge is 2.08. The molecule has 0 spiro atoms. The Kier molecular flexibility index (Phi) is 6.70. The molecule has 0 aliphatic heterocycles. The zero-order valence-electron chi connectivity index (χ0n) is 13.7. The molecule has 0 aromatic heterocycles. The van der Waals surface area contributed by atoms with Crippen LogP contribution in [-0.2, 0) is 11.3 Å². The highest BCUT2D eigenvalue weighted by Crippen LogP contribution is 2.28. The van der Waals surface area contributed by atoms with Crippen molar-refractivity contribution in [3.05, 3.63) is 64.7 Å². The van der Waals surface area contributed by atoms with Crippen molar-refractivity contribution in [1.82, 2.24) is 5.32 Å². The molecule has 2 aromatic carbocycles. The van der Waals surface area contributed by atoms with E-state index in [9.17, 15) is 4.79 Å². The lowest BCUT2D eigenvalue weighted by molar-refractivity contribution is -0.123. The van der Waals surface area contributed by atoms with Crippen LogP contribution < -0.4 is 14.8 Å². The Morgan fingerprint density at radius 3 is 2.58 bits per heavy atom. The third-order valence-electron chi connectivity index (χ3n) is 3.31. The summed E-state index contributed by atoms with van der Waals surface area (Å²) < 4.78 is 10.9. The second kappa shape index (κ2) is 8.99. The zero-order valence-corrected chi connectivity index (χ0v) is 14.5. The Hall–Kier alpha value is -2.46. The molecule has 1 N–H and O–H groups in total. The number of carbonyl (C=O) groups is 1. The van der Waals surface area contributed by atoms with Crippen molar-refractivity contribution in [2.45, 2.75) is 13.5 Å². The van der Waals surface area contributed by atoms with E-state index in [0.717, 1.165) is 11.1 Å². The molecule has 0 heterocycles. The first-order valence-corrected chi connectivity index (χ1v) is 7.95. The lowest BCUT2D eigenvalue weighted by Gasteiger charge is -2.11. The molecule has 0 aliphatic carbocycles. The van der Waals surface area contributed by atoms with E-state index in [2.05, 4.69) is 5.32 Å². The predicted octanol–water partition coefficient (Wildman–Crippen LogP) is 4.08. The number of nitrogens with one attached hydrogen (secondary N) is 1. The van der Waals surface area contributed by atoms with E-state index < -0.39 is 0 Å². The van der Waals surface area contributed by atoms with E-state index in [1.807, 2.05) is 43.3 Å². The van der Waals surface area contributed by atoms with E-state index >= 15 is 0 Å². The number of hydrogen-bond acceptors (Lipinski definition) is 3. The van der Waals surface area contributed by atoms with Gasteiger partial charge in [0.15, 0.2) is 18.1 Å². The van der Waals surface area contributed by atoms with E-state index in [-0.39, 0.29) is 12.5 Å². The minimum Gasteiger partial charge on any atom is -0.493 e. The molecule has 0 atom stereocenters. The van der Waals surface area contributed by atoms with Gasteiger partial charge < -0.3 is 14.8 Å². The molecule has 0 saturated heterocycles. The number of amides is 1. The van der Waals surface area contributed by atoms with Crippen LogP contribution in [0.5, 0.6) is 11.5 Å². The lowest BCUT2D eigenvalue weighted by Crippen LogP contribution is -2.28. The second-order valence-electron chi connectivity index (χ2n) is 5.10. The number of benzene rings is 2. The summed E-state index contributed by atoms with van der Waals surface area (Å²) in [6, 6.07) is 12.9. The van der Waals surface area contributed by atoms with E-state index in [4.69, 9.17) is 21.1 Å². The maximum Gasteiger partial charge on any atom is 0.258 e.